The van der Waals surface area contributed by atoms with E-state index in [1.54, 1.807) is 6.92 Å². The van der Waals surface area contributed by atoms with E-state index in [1.807, 2.05) is 0 Å². The predicted molar refractivity (Wildman–Crippen MR) is 125 cm³/mol. The fourth-order valence-corrected chi connectivity index (χ4v) is 5.50. The van der Waals surface area contributed by atoms with Crippen molar-refractivity contribution in [2.24, 2.45) is 17.8 Å². The van der Waals surface area contributed by atoms with E-state index in [-0.39, 0.29) is 29.0 Å². The molecule has 0 N–H and O–H groups in total. The van der Waals surface area contributed by atoms with Crippen molar-refractivity contribution < 1.29 is 27.0 Å². The van der Waals surface area contributed by atoms with Gasteiger partial charge >= 0.3 is 0 Å². The maximum atomic E-state index is 15.0. The zero-order valence-electron chi connectivity index (χ0n) is 19.8. The maximum absolute atomic E-state index is 15.0. The van der Waals surface area contributed by atoms with Crippen LogP contribution in [-0.2, 0) is 4.74 Å². The van der Waals surface area contributed by atoms with Crippen molar-refractivity contribution in [3.63, 3.8) is 0 Å². The zero-order chi connectivity index (χ0) is 24.2. The van der Waals surface area contributed by atoms with Gasteiger partial charge in [-0.15, -0.1) is 0 Å². The zero-order valence-corrected chi connectivity index (χ0v) is 19.8. The van der Waals surface area contributed by atoms with E-state index < -0.39 is 29.4 Å². The number of benzene rings is 2. The van der Waals surface area contributed by atoms with Crippen LogP contribution >= 0.6 is 0 Å². The molecule has 2 fully saturated rings. The van der Waals surface area contributed by atoms with E-state index in [4.69, 9.17) is 9.47 Å². The molecule has 34 heavy (non-hydrogen) atoms. The number of hydrogen-bond donors (Lipinski definition) is 0. The van der Waals surface area contributed by atoms with Gasteiger partial charge in [0.05, 0.1) is 19.3 Å². The summed E-state index contributed by atoms with van der Waals surface area (Å²) in [7, 11) is 0. The van der Waals surface area contributed by atoms with E-state index in [0.717, 1.165) is 6.42 Å². The molecule has 184 valence electrons. The number of allylic oxidation sites excluding steroid dienone is 2. The van der Waals surface area contributed by atoms with Crippen LogP contribution in [0.2, 0.25) is 0 Å². The molecule has 6 heteroatoms. The highest BCUT2D eigenvalue weighted by molar-refractivity contribution is 5.66. The lowest BCUT2D eigenvalue weighted by Gasteiger charge is -2.37. The lowest BCUT2D eigenvalue weighted by atomic mass is 9.73. The van der Waals surface area contributed by atoms with Crippen molar-refractivity contribution in [3.8, 4) is 16.9 Å². The summed E-state index contributed by atoms with van der Waals surface area (Å²) >= 11 is 0. The monoisotopic (exact) mass is 476 g/mol. The molecular weight excluding hydrogens is 444 g/mol. The van der Waals surface area contributed by atoms with Crippen molar-refractivity contribution >= 4 is 0 Å². The minimum atomic E-state index is -1.27. The van der Waals surface area contributed by atoms with Crippen LogP contribution in [0.4, 0.5) is 17.6 Å². The third kappa shape index (κ3) is 5.02. The van der Waals surface area contributed by atoms with E-state index in [9.17, 15) is 13.2 Å². The third-order valence-corrected chi connectivity index (χ3v) is 7.35. The smallest absolute Gasteiger partial charge is 0.201 e. The molecule has 2 aromatic rings. The van der Waals surface area contributed by atoms with Crippen LogP contribution in [0.1, 0.15) is 64.0 Å². The highest BCUT2D eigenvalue weighted by Gasteiger charge is 2.33. The second-order valence-electron chi connectivity index (χ2n) is 9.36. The summed E-state index contributed by atoms with van der Waals surface area (Å²) in [5.74, 6) is -3.29. The molecule has 2 aliphatic rings. The summed E-state index contributed by atoms with van der Waals surface area (Å²) in [4.78, 5) is 0. The van der Waals surface area contributed by atoms with Gasteiger partial charge in [0.15, 0.2) is 23.2 Å². The van der Waals surface area contributed by atoms with Gasteiger partial charge in [0.1, 0.15) is 0 Å². The summed E-state index contributed by atoms with van der Waals surface area (Å²) < 4.78 is 69.8. The minimum Gasteiger partial charge on any atom is -0.491 e. The predicted octanol–water partition coefficient (Wildman–Crippen LogP) is 8.16. The van der Waals surface area contributed by atoms with Gasteiger partial charge in [0.25, 0.3) is 0 Å². The van der Waals surface area contributed by atoms with Crippen LogP contribution in [0.3, 0.4) is 0 Å². The molecular formula is C28H32F4O2. The molecule has 2 aromatic carbocycles. The highest BCUT2D eigenvalue weighted by atomic mass is 19.2. The number of hydrogen-bond acceptors (Lipinski definition) is 2. The number of rotatable bonds is 6. The lowest BCUT2D eigenvalue weighted by Crippen LogP contribution is -2.29. The molecule has 4 rings (SSSR count). The van der Waals surface area contributed by atoms with Gasteiger partial charge in [-0.05, 0) is 82.3 Å². The molecule has 2 unspecified atom stereocenters. The molecule has 0 bridgehead atoms. The van der Waals surface area contributed by atoms with Crippen LogP contribution in [0, 0.1) is 41.0 Å². The molecule has 2 atom stereocenters. The van der Waals surface area contributed by atoms with E-state index in [1.165, 1.54) is 49.9 Å². The van der Waals surface area contributed by atoms with Crippen LogP contribution in [0.25, 0.3) is 11.1 Å². The van der Waals surface area contributed by atoms with Crippen molar-refractivity contribution in [1.82, 2.24) is 0 Å². The van der Waals surface area contributed by atoms with Crippen LogP contribution in [0.5, 0.6) is 5.75 Å². The van der Waals surface area contributed by atoms with Gasteiger partial charge < -0.3 is 9.47 Å². The first-order chi connectivity index (χ1) is 16.4. The molecule has 1 saturated heterocycles. The fraction of sp³-hybridized carbons (Fsp3) is 0.500. The van der Waals surface area contributed by atoms with Gasteiger partial charge in [-0.3, -0.25) is 0 Å². The van der Waals surface area contributed by atoms with E-state index in [2.05, 4.69) is 19.1 Å². The largest absolute Gasteiger partial charge is 0.491 e. The average molecular weight is 477 g/mol. The van der Waals surface area contributed by atoms with Crippen LogP contribution in [0.15, 0.2) is 36.4 Å². The van der Waals surface area contributed by atoms with Crippen molar-refractivity contribution in [1.29, 1.82) is 0 Å². The van der Waals surface area contributed by atoms with Gasteiger partial charge in [-0.25, -0.2) is 13.2 Å². The van der Waals surface area contributed by atoms with Crippen molar-refractivity contribution in [3.05, 3.63) is 65.2 Å². The summed E-state index contributed by atoms with van der Waals surface area (Å²) in [5, 5.41) is 0. The van der Waals surface area contributed by atoms with Crippen molar-refractivity contribution in [2.45, 2.75) is 58.5 Å². The quantitative estimate of drug-likeness (QED) is 0.309. The summed E-state index contributed by atoms with van der Waals surface area (Å²) in [6.45, 7) is 4.39. The number of ether oxygens (including phenoxy) is 2. The lowest BCUT2D eigenvalue weighted by molar-refractivity contribution is -0.0411. The SMILES string of the molecule is CC=CC1CCC(C2CCC(c3ccc(-c4ccc(OCC)c(F)c4F)c(F)c3F)OC2)CC1. The van der Waals surface area contributed by atoms with Crippen LogP contribution in [-0.4, -0.2) is 13.2 Å². The second-order valence-corrected chi connectivity index (χ2v) is 9.36. The van der Waals surface area contributed by atoms with Gasteiger partial charge in [-0.2, -0.15) is 4.39 Å². The van der Waals surface area contributed by atoms with Gasteiger partial charge in [0.2, 0.25) is 5.82 Å². The minimum absolute atomic E-state index is 0.128. The average Bonchev–Trinajstić information content (AvgIpc) is 2.85. The Labute approximate surface area is 199 Å². The van der Waals surface area contributed by atoms with E-state index in [0.29, 0.717) is 30.8 Å². The Balaban J connectivity index is 1.45. The summed E-state index contributed by atoms with van der Waals surface area (Å²) in [6, 6.07) is 5.14. The maximum Gasteiger partial charge on any atom is 0.201 e. The standard InChI is InChI=1S/C28H32F4O2/c1-3-5-17-6-8-18(9-7-17)19-10-14-23(34-16-19)22-12-11-20(25(29)27(22)31)21-13-15-24(33-4-2)28(32)26(21)30/h3,5,11-13,15,17-19,23H,4,6-10,14,16H2,1-2H3. The first-order valence-corrected chi connectivity index (χ1v) is 12.3. The third-order valence-electron chi connectivity index (χ3n) is 7.35. The highest BCUT2D eigenvalue weighted by Crippen LogP contribution is 2.42. The van der Waals surface area contributed by atoms with Gasteiger partial charge in [-0.1, -0.05) is 24.3 Å². The summed E-state index contributed by atoms with van der Waals surface area (Å²) in [6.07, 6.45) is 10.1. The molecule has 0 radical (unpaired) electrons. The molecule has 0 amide bonds. The fourth-order valence-electron chi connectivity index (χ4n) is 5.50. The first kappa shape index (κ1) is 24.8. The molecule has 1 aliphatic carbocycles. The Morgan fingerprint density at radius 1 is 0.824 bits per heavy atom. The van der Waals surface area contributed by atoms with Crippen LogP contribution < -0.4 is 4.74 Å². The second kappa shape index (κ2) is 10.9. The Hall–Kier alpha value is -2.34. The van der Waals surface area contributed by atoms with Crippen molar-refractivity contribution in [2.75, 3.05) is 13.2 Å². The molecule has 1 saturated carbocycles. The molecule has 1 aliphatic heterocycles. The Morgan fingerprint density at radius 3 is 2.09 bits per heavy atom. The molecule has 0 spiro atoms. The Morgan fingerprint density at radius 2 is 1.47 bits per heavy atom. The Kier molecular flexibility index (Phi) is 7.97. The van der Waals surface area contributed by atoms with Gasteiger partial charge in [0, 0.05) is 16.7 Å². The molecule has 0 aromatic heterocycles. The first-order valence-electron chi connectivity index (χ1n) is 12.3. The number of halogens is 4. The van der Waals surface area contributed by atoms with E-state index >= 15 is 4.39 Å². The summed E-state index contributed by atoms with van der Waals surface area (Å²) in [5.41, 5.74) is -0.544. The normalized spacial score (nSPS) is 25.6. The molecule has 2 nitrogen and oxygen atoms in total. The Bertz CT molecular complexity index is 1020. The topological polar surface area (TPSA) is 18.5 Å². The molecule has 1 heterocycles.